The van der Waals surface area contributed by atoms with Gasteiger partial charge in [0.2, 0.25) is 0 Å². The predicted octanol–water partition coefficient (Wildman–Crippen LogP) is 4.62. The standard InChI is InChI=1S/C21H15F3N6O/c22-21(23,24)15-5-6-18(26-10-15)30-19-9-14(7-8-25-19)20(31)29-17-12-28-27-11-16(17)13-3-1-2-4-13/h1,3-12H,2H2,(H,25,26,30)(H,27,29,31). The van der Waals surface area contributed by atoms with Gasteiger partial charge in [0.25, 0.3) is 5.91 Å². The number of amides is 1. The first-order valence-corrected chi connectivity index (χ1v) is 9.15. The van der Waals surface area contributed by atoms with E-state index in [1.807, 2.05) is 18.2 Å². The zero-order valence-electron chi connectivity index (χ0n) is 15.9. The van der Waals surface area contributed by atoms with Crippen molar-refractivity contribution in [2.45, 2.75) is 12.6 Å². The number of nitrogens with one attached hydrogen (secondary N) is 2. The molecule has 2 N–H and O–H groups in total. The number of halogens is 3. The van der Waals surface area contributed by atoms with Gasteiger partial charge in [-0.15, -0.1) is 0 Å². The molecule has 156 valence electrons. The van der Waals surface area contributed by atoms with Gasteiger partial charge in [-0.2, -0.15) is 23.4 Å². The molecule has 7 nitrogen and oxygen atoms in total. The van der Waals surface area contributed by atoms with Crippen molar-refractivity contribution in [2.24, 2.45) is 0 Å². The summed E-state index contributed by atoms with van der Waals surface area (Å²) in [4.78, 5) is 20.6. The number of anilines is 3. The van der Waals surface area contributed by atoms with Gasteiger partial charge in [0.1, 0.15) is 11.6 Å². The van der Waals surface area contributed by atoms with Crippen molar-refractivity contribution in [3.8, 4) is 0 Å². The number of carbonyl (C=O) groups excluding carboxylic acids is 1. The van der Waals surface area contributed by atoms with E-state index in [2.05, 4.69) is 30.8 Å². The van der Waals surface area contributed by atoms with Crippen molar-refractivity contribution < 1.29 is 18.0 Å². The van der Waals surface area contributed by atoms with Crippen LogP contribution in [0.15, 0.2) is 67.3 Å². The van der Waals surface area contributed by atoms with Crippen LogP contribution in [0, 0.1) is 0 Å². The van der Waals surface area contributed by atoms with Crippen molar-refractivity contribution in [2.75, 3.05) is 10.6 Å². The first-order chi connectivity index (χ1) is 14.9. The highest BCUT2D eigenvalue weighted by molar-refractivity contribution is 6.06. The summed E-state index contributed by atoms with van der Waals surface area (Å²) in [6, 6.07) is 5.09. The summed E-state index contributed by atoms with van der Waals surface area (Å²) in [5, 5.41) is 13.3. The van der Waals surface area contributed by atoms with Crippen LogP contribution in [0.3, 0.4) is 0 Å². The fraction of sp³-hybridized carbons (Fsp3) is 0.0952. The molecule has 0 unspecified atom stereocenters. The number of carbonyl (C=O) groups is 1. The minimum Gasteiger partial charge on any atom is -0.325 e. The molecule has 0 bridgehead atoms. The van der Waals surface area contributed by atoms with E-state index in [0.29, 0.717) is 11.3 Å². The van der Waals surface area contributed by atoms with Crippen LogP contribution in [0.2, 0.25) is 0 Å². The van der Waals surface area contributed by atoms with E-state index < -0.39 is 17.6 Å². The van der Waals surface area contributed by atoms with Gasteiger partial charge in [-0.3, -0.25) is 4.79 Å². The molecule has 0 radical (unpaired) electrons. The highest BCUT2D eigenvalue weighted by Gasteiger charge is 2.30. The summed E-state index contributed by atoms with van der Waals surface area (Å²) in [6.07, 6.45) is 7.47. The minimum absolute atomic E-state index is 0.165. The van der Waals surface area contributed by atoms with Crippen molar-refractivity contribution >= 4 is 28.8 Å². The second-order valence-electron chi connectivity index (χ2n) is 6.55. The molecule has 0 spiro atoms. The molecule has 0 atom stereocenters. The second-order valence-corrected chi connectivity index (χ2v) is 6.55. The molecule has 0 fully saturated rings. The third-order valence-corrected chi connectivity index (χ3v) is 4.43. The summed E-state index contributed by atoms with van der Waals surface area (Å²) >= 11 is 0. The summed E-state index contributed by atoms with van der Waals surface area (Å²) in [6.45, 7) is 0. The lowest BCUT2D eigenvalue weighted by atomic mass is 10.1. The molecule has 0 saturated heterocycles. The maximum Gasteiger partial charge on any atom is 0.417 e. The van der Waals surface area contributed by atoms with Gasteiger partial charge in [0.05, 0.1) is 23.6 Å². The summed E-state index contributed by atoms with van der Waals surface area (Å²) in [7, 11) is 0. The summed E-state index contributed by atoms with van der Waals surface area (Å²) < 4.78 is 38.0. The molecule has 1 aliphatic rings. The van der Waals surface area contributed by atoms with Crippen LogP contribution in [0.25, 0.3) is 5.57 Å². The van der Waals surface area contributed by atoms with Gasteiger partial charge in [0, 0.05) is 23.5 Å². The Kier molecular flexibility index (Phi) is 5.44. The summed E-state index contributed by atoms with van der Waals surface area (Å²) in [5.41, 5.74) is 1.64. The Morgan fingerprint density at radius 3 is 2.55 bits per heavy atom. The van der Waals surface area contributed by atoms with E-state index >= 15 is 0 Å². The smallest absolute Gasteiger partial charge is 0.325 e. The van der Waals surface area contributed by atoms with E-state index in [9.17, 15) is 18.0 Å². The molecular formula is C21H15F3N6O. The number of hydrogen-bond acceptors (Lipinski definition) is 6. The van der Waals surface area contributed by atoms with Gasteiger partial charge in [-0.1, -0.05) is 18.2 Å². The van der Waals surface area contributed by atoms with Crippen LogP contribution in [-0.4, -0.2) is 26.1 Å². The predicted molar refractivity (Wildman–Crippen MR) is 108 cm³/mol. The maximum absolute atomic E-state index is 12.7. The molecule has 3 heterocycles. The summed E-state index contributed by atoms with van der Waals surface area (Å²) in [5.74, 6) is 0.0238. The van der Waals surface area contributed by atoms with E-state index in [-0.39, 0.29) is 11.6 Å². The number of nitrogens with zero attached hydrogens (tertiary/aromatic N) is 4. The van der Waals surface area contributed by atoms with Crippen LogP contribution in [0.4, 0.5) is 30.5 Å². The third kappa shape index (κ3) is 4.74. The number of pyridine rings is 2. The van der Waals surface area contributed by atoms with Crippen molar-refractivity contribution in [3.05, 3.63) is 84.0 Å². The highest BCUT2D eigenvalue weighted by Crippen LogP contribution is 2.29. The molecule has 1 amide bonds. The molecule has 0 saturated carbocycles. The van der Waals surface area contributed by atoms with E-state index in [0.717, 1.165) is 29.8 Å². The maximum atomic E-state index is 12.7. The molecule has 0 aromatic carbocycles. The topological polar surface area (TPSA) is 92.7 Å². The van der Waals surface area contributed by atoms with E-state index in [1.165, 1.54) is 30.6 Å². The second kappa shape index (κ2) is 8.34. The monoisotopic (exact) mass is 424 g/mol. The SMILES string of the molecule is O=C(Nc1cnncc1C1=CCC=C1)c1ccnc(Nc2ccc(C(F)(F)F)cn2)c1. The minimum atomic E-state index is -4.47. The van der Waals surface area contributed by atoms with Crippen LogP contribution in [0.1, 0.15) is 27.9 Å². The number of allylic oxidation sites excluding steroid dienone is 4. The lowest BCUT2D eigenvalue weighted by Crippen LogP contribution is -2.14. The Labute approximate surface area is 174 Å². The normalized spacial score (nSPS) is 13.1. The molecule has 1 aliphatic carbocycles. The van der Waals surface area contributed by atoms with E-state index in [4.69, 9.17) is 0 Å². The fourth-order valence-electron chi connectivity index (χ4n) is 2.91. The van der Waals surface area contributed by atoms with Gasteiger partial charge < -0.3 is 10.6 Å². The third-order valence-electron chi connectivity index (χ3n) is 4.43. The number of rotatable bonds is 5. The van der Waals surface area contributed by atoms with Gasteiger partial charge in [-0.05, 0) is 36.3 Å². The molecule has 3 aromatic rings. The highest BCUT2D eigenvalue weighted by atomic mass is 19.4. The van der Waals surface area contributed by atoms with Gasteiger partial charge in [0.15, 0.2) is 0 Å². The number of hydrogen-bond donors (Lipinski definition) is 2. The fourth-order valence-corrected chi connectivity index (χ4v) is 2.91. The van der Waals surface area contributed by atoms with Crippen molar-refractivity contribution in [1.29, 1.82) is 0 Å². The van der Waals surface area contributed by atoms with Crippen LogP contribution in [0.5, 0.6) is 0 Å². The zero-order valence-corrected chi connectivity index (χ0v) is 15.9. The average molecular weight is 424 g/mol. The van der Waals surface area contributed by atoms with Gasteiger partial charge in [-0.25, -0.2) is 9.97 Å². The quantitative estimate of drug-likeness (QED) is 0.621. The molecule has 4 rings (SSSR count). The Morgan fingerprint density at radius 2 is 1.84 bits per heavy atom. The van der Waals surface area contributed by atoms with Gasteiger partial charge >= 0.3 is 6.18 Å². The van der Waals surface area contributed by atoms with Crippen LogP contribution < -0.4 is 10.6 Å². The molecule has 10 heteroatoms. The zero-order chi connectivity index (χ0) is 21.8. The first kappa shape index (κ1) is 20.2. The lowest BCUT2D eigenvalue weighted by Gasteiger charge is -2.11. The largest absolute Gasteiger partial charge is 0.417 e. The van der Waals surface area contributed by atoms with Crippen molar-refractivity contribution in [1.82, 2.24) is 20.2 Å². The average Bonchev–Trinajstić information content (AvgIpc) is 3.29. The van der Waals surface area contributed by atoms with Crippen LogP contribution >= 0.6 is 0 Å². The van der Waals surface area contributed by atoms with Crippen molar-refractivity contribution in [3.63, 3.8) is 0 Å². The molecule has 3 aromatic heterocycles. The Bertz CT molecular complexity index is 1170. The lowest BCUT2D eigenvalue weighted by molar-refractivity contribution is -0.137. The molecular weight excluding hydrogens is 409 g/mol. The number of alkyl halides is 3. The number of aromatic nitrogens is 4. The first-order valence-electron chi connectivity index (χ1n) is 9.15. The molecule has 0 aliphatic heterocycles. The molecule has 31 heavy (non-hydrogen) atoms. The van der Waals surface area contributed by atoms with E-state index in [1.54, 1.807) is 6.20 Å². The Morgan fingerprint density at radius 1 is 1.00 bits per heavy atom. The van der Waals surface area contributed by atoms with Crippen LogP contribution in [-0.2, 0) is 6.18 Å². The Hall–Kier alpha value is -4.08. The Balaban J connectivity index is 1.50.